The van der Waals surface area contributed by atoms with Gasteiger partial charge in [-0.25, -0.2) is 13.4 Å². The standard InChI is InChI=1S/C21H21N3O4S/c1-15-5-9-18(10-6-15)24-29(26,27)19-11-7-16(8-12-19)20(25)23-14-17-4-3-13-22-21(17)28-2/h3-13,24H,14H2,1-2H3,(H,23,25). The lowest BCUT2D eigenvalue weighted by Gasteiger charge is -2.10. The summed E-state index contributed by atoms with van der Waals surface area (Å²) in [6.07, 6.45) is 1.61. The van der Waals surface area contributed by atoms with Crippen LogP contribution in [0.25, 0.3) is 0 Å². The second-order valence-corrected chi connectivity index (χ2v) is 8.03. The van der Waals surface area contributed by atoms with E-state index < -0.39 is 10.0 Å². The summed E-state index contributed by atoms with van der Waals surface area (Å²) in [5.41, 5.74) is 2.60. The molecule has 7 nitrogen and oxygen atoms in total. The lowest BCUT2D eigenvalue weighted by Crippen LogP contribution is -2.23. The highest BCUT2D eigenvalue weighted by Crippen LogP contribution is 2.18. The van der Waals surface area contributed by atoms with Crippen molar-refractivity contribution in [1.82, 2.24) is 10.3 Å². The van der Waals surface area contributed by atoms with Crippen molar-refractivity contribution in [2.75, 3.05) is 11.8 Å². The predicted octanol–water partition coefficient (Wildman–Crippen LogP) is 3.13. The maximum absolute atomic E-state index is 12.5. The number of aryl methyl sites for hydroxylation is 1. The second-order valence-electron chi connectivity index (χ2n) is 6.35. The Morgan fingerprint density at radius 2 is 1.72 bits per heavy atom. The molecule has 0 fully saturated rings. The van der Waals surface area contributed by atoms with E-state index in [9.17, 15) is 13.2 Å². The van der Waals surface area contributed by atoms with Crippen molar-refractivity contribution in [3.8, 4) is 5.88 Å². The zero-order chi connectivity index (χ0) is 20.9. The minimum absolute atomic E-state index is 0.0727. The molecule has 0 spiro atoms. The third-order valence-electron chi connectivity index (χ3n) is 4.21. The number of methoxy groups -OCH3 is 1. The molecule has 3 aromatic rings. The number of anilines is 1. The van der Waals surface area contributed by atoms with Gasteiger partial charge in [-0.1, -0.05) is 23.8 Å². The van der Waals surface area contributed by atoms with Crippen LogP contribution in [0.15, 0.2) is 71.8 Å². The van der Waals surface area contributed by atoms with E-state index in [1.807, 2.05) is 19.1 Å². The maximum Gasteiger partial charge on any atom is 0.261 e. The third-order valence-corrected chi connectivity index (χ3v) is 5.61. The van der Waals surface area contributed by atoms with Gasteiger partial charge in [-0.3, -0.25) is 9.52 Å². The van der Waals surface area contributed by atoms with Crippen molar-refractivity contribution in [3.05, 3.63) is 83.6 Å². The van der Waals surface area contributed by atoms with E-state index in [0.717, 1.165) is 11.1 Å². The molecule has 1 heterocycles. The molecule has 0 aliphatic carbocycles. The van der Waals surface area contributed by atoms with Gasteiger partial charge in [0.15, 0.2) is 0 Å². The summed E-state index contributed by atoms with van der Waals surface area (Å²) in [6, 6.07) is 16.3. The summed E-state index contributed by atoms with van der Waals surface area (Å²) in [5.74, 6) is 0.114. The number of hydrogen-bond acceptors (Lipinski definition) is 5. The van der Waals surface area contributed by atoms with Crippen LogP contribution < -0.4 is 14.8 Å². The monoisotopic (exact) mass is 411 g/mol. The van der Waals surface area contributed by atoms with Gasteiger partial charge in [-0.2, -0.15) is 0 Å². The van der Waals surface area contributed by atoms with Gasteiger partial charge in [-0.15, -0.1) is 0 Å². The minimum Gasteiger partial charge on any atom is -0.481 e. The second kappa shape index (κ2) is 8.74. The van der Waals surface area contributed by atoms with E-state index in [1.165, 1.54) is 31.4 Å². The molecule has 2 N–H and O–H groups in total. The summed E-state index contributed by atoms with van der Waals surface area (Å²) in [6.45, 7) is 2.16. The lowest BCUT2D eigenvalue weighted by molar-refractivity contribution is 0.0950. The fraction of sp³-hybridized carbons (Fsp3) is 0.143. The van der Waals surface area contributed by atoms with Gasteiger partial charge < -0.3 is 10.1 Å². The highest BCUT2D eigenvalue weighted by Gasteiger charge is 2.15. The molecule has 0 unspecified atom stereocenters. The van der Waals surface area contributed by atoms with Gasteiger partial charge in [0, 0.05) is 29.6 Å². The van der Waals surface area contributed by atoms with E-state index >= 15 is 0 Å². The predicted molar refractivity (Wildman–Crippen MR) is 110 cm³/mol. The van der Waals surface area contributed by atoms with Crippen molar-refractivity contribution in [2.45, 2.75) is 18.4 Å². The zero-order valence-electron chi connectivity index (χ0n) is 16.0. The number of benzene rings is 2. The van der Waals surface area contributed by atoms with Gasteiger partial charge in [0.25, 0.3) is 15.9 Å². The number of hydrogen-bond donors (Lipinski definition) is 2. The normalized spacial score (nSPS) is 11.0. The average Bonchev–Trinajstić information content (AvgIpc) is 2.74. The van der Waals surface area contributed by atoms with Gasteiger partial charge >= 0.3 is 0 Å². The molecule has 0 aliphatic rings. The first kappa shape index (κ1) is 20.3. The third kappa shape index (κ3) is 5.11. The molecule has 0 atom stereocenters. The van der Waals surface area contributed by atoms with Gasteiger partial charge in [0.05, 0.1) is 12.0 Å². The zero-order valence-corrected chi connectivity index (χ0v) is 16.9. The fourth-order valence-corrected chi connectivity index (χ4v) is 3.70. The van der Waals surface area contributed by atoms with Crippen molar-refractivity contribution in [1.29, 1.82) is 0 Å². The molecule has 8 heteroatoms. The summed E-state index contributed by atoms with van der Waals surface area (Å²) in [4.78, 5) is 16.5. The van der Waals surface area contributed by atoms with Gasteiger partial charge in [0.2, 0.25) is 5.88 Å². The van der Waals surface area contributed by atoms with Crippen molar-refractivity contribution < 1.29 is 17.9 Å². The molecule has 1 aromatic heterocycles. The molecule has 0 saturated heterocycles. The molecule has 0 saturated carbocycles. The van der Waals surface area contributed by atoms with Crippen LogP contribution in [0.2, 0.25) is 0 Å². The van der Waals surface area contributed by atoms with Gasteiger partial charge in [0.1, 0.15) is 0 Å². The molecule has 150 valence electrons. The van der Waals surface area contributed by atoms with Gasteiger partial charge in [-0.05, 0) is 49.4 Å². The van der Waals surface area contributed by atoms with Crippen LogP contribution in [0.4, 0.5) is 5.69 Å². The van der Waals surface area contributed by atoms with Crippen molar-refractivity contribution >= 4 is 21.6 Å². The van der Waals surface area contributed by atoms with E-state index in [4.69, 9.17) is 4.74 Å². The number of ether oxygens (including phenoxy) is 1. The lowest BCUT2D eigenvalue weighted by atomic mass is 10.2. The maximum atomic E-state index is 12.5. The largest absolute Gasteiger partial charge is 0.481 e. The number of sulfonamides is 1. The number of aromatic nitrogens is 1. The number of rotatable bonds is 7. The Hall–Kier alpha value is -3.39. The quantitative estimate of drug-likeness (QED) is 0.623. The SMILES string of the molecule is COc1ncccc1CNC(=O)c1ccc(S(=O)(=O)Nc2ccc(C)cc2)cc1. The molecular formula is C21H21N3O4S. The number of carbonyl (C=O) groups is 1. The smallest absolute Gasteiger partial charge is 0.261 e. The first-order chi connectivity index (χ1) is 13.9. The first-order valence-electron chi connectivity index (χ1n) is 8.85. The highest BCUT2D eigenvalue weighted by molar-refractivity contribution is 7.92. The van der Waals surface area contributed by atoms with E-state index in [1.54, 1.807) is 30.5 Å². The summed E-state index contributed by atoms with van der Waals surface area (Å²) >= 11 is 0. The van der Waals surface area contributed by atoms with Crippen LogP contribution in [0.5, 0.6) is 5.88 Å². The van der Waals surface area contributed by atoms with Crippen LogP contribution in [0.3, 0.4) is 0 Å². The van der Waals surface area contributed by atoms with E-state index in [0.29, 0.717) is 17.1 Å². The Morgan fingerprint density at radius 3 is 2.38 bits per heavy atom. The first-order valence-corrected chi connectivity index (χ1v) is 10.3. The van der Waals surface area contributed by atoms with Crippen LogP contribution in [0.1, 0.15) is 21.5 Å². The summed E-state index contributed by atoms with van der Waals surface area (Å²) in [7, 11) is -2.23. The number of amides is 1. The minimum atomic E-state index is -3.74. The Bertz CT molecular complexity index is 1100. The fourth-order valence-electron chi connectivity index (χ4n) is 2.64. The Morgan fingerprint density at radius 1 is 1.03 bits per heavy atom. The van der Waals surface area contributed by atoms with E-state index in [-0.39, 0.29) is 17.3 Å². The van der Waals surface area contributed by atoms with E-state index in [2.05, 4.69) is 15.0 Å². The number of carbonyl (C=O) groups excluding carboxylic acids is 1. The molecule has 0 bridgehead atoms. The number of pyridine rings is 1. The summed E-state index contributed by atoms with van der Waals surface area (Å²) in [5, 5.41) is 2.77. The summed E-state index contributed by atoms with van der Waals surface area (Å²) < 4.78 is 32.7. The van der Waals surface area contributed by atoms with Crippen LogP contribution in [-0.2, 0) is 16.6 Å². The van der Waals surface area contributed by atoms with Crippen molar-refractivity contribution in [3.63, 3.8) is 0 Å². The average molecular weight is 411 g/mol. The molecular weight excluding hydrogens is 390 g/mol. The Balaban J connectivity index is 1.67. The van der Waals surface area contributed by atoms with Crippen LogP contribution in [0, 0.1) is 6.92 Å². The molecule has 2 aromatic carbocycles. The Labute approximate surface area is 169 Å². The van der Waals surface area contributed by atoms with Crippen LogP contribution >= 0.6 is 0 Å². The molecule has 3 rings (SSSR count). The molecule has 0 aliphatic heterocycles. The highest BCUT2D eigenvalue weighted by atomic mass is 32.2. The molecule has 29 heavy (non-hydrogen) atoms. The van der Waals surface area contributed by atoms with Crippen molar-refractivity contribution in [2.24, 2.45) is 0 Å². The number of nitrogens with zero attached hydrogens (tertiary/aromatic N) is 1. The topological polar surface area (TPSA) is 97.4 Å². The molecule has 1 amide bonds. The Kier molecular flexibility index (Phi) is 6.13. The molecule has 0 radical (unpaired) electrons. The van der Waals surface area contributed by atoms with Crippen LogP contribution in [-0.4, -0.2) is 26.4 Å². The number of nitrogens with one attached hydrogen (secondary N) is 2.